The first kappa shape index (κ1) is 30.2. The summed E-state index contributed by atoms with van der Waals surface area (Å²) in [6.45, 7) is 19.7. The molecule has 0 saturated carbocycles. The number of unbranched alkanes of at least 4 members (excludes halogenated alkanes) is 1. The molecule has 0 aliphatic carbocycles. The molecule has 1 amide bonds. The second-order valence-corrected chi connectivity index (χ2v) is 13.9. The van der Waals surface area contributed by atoms with Gasteiger partial charge in [-0.05, 0) is 83.7 Å². The molecule has 4 atom stereocenters. The second kappa shape index (κ2) is 13.0. The van der Waals surface area contributed by atoms with Crippen LogP contribution in [0, 0.1) is 48.9 Å². The molecule has 226 valence electrons. The number of fused-ring (bicyclic) bond motifs is 2. The summed E-state index contributed by atoms with van der Waals surface area (Å²) in [6, 6.07) is 19.9. The third kappa shape index (κ3) is 7.58. The Labute approximate surface area is 253 Å². The highest BCUT2D eigenvalue weighted by atomic mass is 16.6. The van der Waals surface area contributed by atoms with Crippen molar-refractivity contribution in [3.63, 3.8) is 0 Å². The van der Waals surface area contributed by atoms with Gasteiger partial charge in [0.1, 0.15) is 5.60 Å². The molecular weight excluding hydrogens is 522 g/mol. The molecule has 0 radical (unpaired) electrons. The van der Waals surface area contributed by atoms with Crippen LogP contribution in [0.15, 0.2) is 48.5 Å². The number of aryl methyl sites for hydroxylation is 2. The summed E-state index contributed by atoms with van der Waals surface area (Å²) in [5, 5.41) is 8.61. The number of nitriles is 1. The highest BCUT2D eigenvalue weighted by Gasteiger charge is 2.43. The van der Waals surface area contributed by atoms with Gasteiger partial charge in [0.05, 0.1) is 6.07 Å². The number of carbonyl (C=O) groups is 1. The molecule has 0 N–H and O–H groups in total. The number of benzene rings is 2. The van der Waals surface area contributed by atoms with Gasteiger partial charge in [-0.25, -0.2) is 4.79 Å². The molecule has 6 rings (SSSR count). The second-order valence-electron chi connectivity index (χ2n) is 13.9. The van der Waals surface area contributed by atoms with E-state index in [2.05, 4.69) is 83.1 Å². The lowest BCUT2D eigenvalue weighted by atomic mass is 10.0. The van der Waals surface area contributed by atoms with E-state index in [4.69, 9.17) is 10.00 Å². The topological polar surface area (TPSA) is 63.1 Å². The Hall–Kier alpha value is -3.24. The van der Waals surface area contributed by atoms with Crippen LogP contribution in [0.25, 0.3) is 0 Å². The Morgan fingerprint density at radius 3 is 1.60 bits per heavy atom. The Morgan fingerprint density at radius 1 is 0.762 bits per heavy atom. The summed E-state index contributed by atoms with van der Waals surface area (Å²) in [7, 11) is 0. The Balaban J connectivity index is 0.000000169. The number of amides is 1. The Morgan fingerprint density at radius 2 is 1.19 bits per heavy atom. The van der Waals surface area contributed by atoms with Gasteiger partial charge in [0.25, 0.3) is 0 Å². The van der Waals surface area contributed by atoms with Crippen LogP contribution >= 0.6 is 0 Å². The molecule has 0 aromatic heterocycles. The molecule has 42 heavy (non-hydrogen) atoms. The third-order valence-electron chi connectivity index (χ3n) is 9.26. The van der Waals surface area contributed by atoms with E-state index in [1.165, 1.54) is 48.7 Å². The van der Waals surface area contributed by atoms with Crippen LogP contribution in [0.2, 0.25) is 0 Å². The van der Waals surface area contributed by atoms with Gasteiger partial charge >= 0.3 is 6.09 Å². The van der Waals surface area contributed by atoms with Crippen molar-refractivity contribution in [1.82, 2.24) is 9.80 Å². The number of hydrogen-bond donors (Lipinski definition) is 0. The van der Waals surface area contributed by atoms with Crippen LogP contribution in [0.5, 0.6) is 0 Å². The number of rotatable bonds is 5. The molecule has 2 aromatic carbocycles. The summed E-state index contributed by atoms with van der Waals surface area (Å²) in [5.41, 5.74) is 4.88. The maximum Gasteiger partial charge on any atom is 0.410 e. The highest BCUT2D eigenvalue weighted by molar-refractivity contribution is 5.68. The van der Waals surface area contributed by atoms with E-state index in [0.29, 0.717) is 18.3 Å². The summed E-state index contributed by atoms with van der Waals surface area (Å²) in [4.78, 5) is 21.6. The van der Waals surface area contributed by atoms with Gasteiger partial charge in [-0.15, -0.1) is 0 Å². The first-order valence-electron chi connectivity index (χ1n) is 15.8. The average molecular weight is 572 g/mol. The molecule has 7 nitrogen and oxygen atoms in total. The molecule has 0 unspecified atom stereocenters. The molecule has 0 bridgehead atoms. The lowest BCUT2D eigenvalue weighted by Crippen LogP contribution is -2.37. The number of ether oxygens (including phenoxy) is 1. The minimum absolute atomic E-state index is 0.163. The Bertz CT molecular complexity index is 1200. The molecular formula is C35H49N5O2. The van der Waals surface area contributed by atoms with Crippen LogP contribution in [-0.4, -0.2) is 80.4 Å². The average Bonchev–Trinajstić information content (AvgIpc) is 3.69. The number of nitrogens with zero attached hydrogens (tertiary/aromatic N) is 5. The summed E-state index contributed by atoms with van der Waals surface area (Å²) in [5.74, 6) is 2.76. The lowest BCUT2D eigenvalue weighted by molar-refractivity contribution is 0.0282. The predicted octanol–water partition coefficient (Wildman–Crippen LogP) is 5.96. The molecule has 4 aliphatic heterocycles. The maximum absolute atomic E-state index is 12.2. The van der Waals surface area contributed by atoms with E-state index >= 15 is 0 Å². The number of carbonyl (C=O) groups excluding carboxylic acids is 1. The highest BCUT2D eigenvalue weighted by Crippen LogP contribution is 2.35. The van der Waals surface area contributed by atoms with Gasteiger partial charge in [-0.1, -0.05) is 35.4 Å². The molecule has 4 aliphatic rings. The van der Waals surface area contributed by atoms with Gasteiger partial charge in [0.2, 0.25) is 0 Å². The van der Waals surface area contributed by atoms with Gasteiger partial charge in [-0.3, -0.25) is 0 Å². The fraction of sp³-hybridized carbons (Fsp3) is 0.600. The Kier molecular flexibility index (Phi) is 9.32. The smallest absolute Gasteiger partial charge is 0.410 e. The summed E-state index contributed by atoms with van der Waals surface area (Å²) in [6.07, 6.45) is 1.56. The van der Waals surface area contributed by atoms with Crippen LogP contribution in [0.3, 0.4) is 0 Å². The van der Waals surface area contributed by atoms with Crippen molar-refractivity contribution in [3.8, 4) is 6.07 Å². The van der Waals surface area contributed by atoms with Gasteiger partial charge < -0.3 is 24.3 Å². The molecule has 0 spiro atoms. The zero-order chi connectivity index (χ0) is 29.9. The number of likely N-dealkylation sites (tertiary alicyclic amines) is 2. The van der Waals surface area contributed by atoms with E-state index in [1.54, 1.807) is 0 Å². The van der Waals surface area contributed by atoms with Crippen LogP contribution in [0.1, 0.15) is 44.7 Å². The monoisotopic (exact) mass is 571 g/mol. The van der Waals surface area contributed by atoms with Crippen LogP contribution < -0.4 is 9.80 Å². The molecule has 4 saturated heterocycles. The van der Waals surface area contributed by atoms with Gasteiger partial charge in [0.15, 0.2) is 0 Å². The molecule has 4 fully saturated rings. The SMILES string of the molecule is Cc1ccc(N2C[C@H]3CN(C(=O)OC(C)(C)C)C[C@H]3C2)cc1.Cc1ccc(N2C[C@H]3CN(CCCC#N)C[C@H]3C2)cc1. The normalized spacial score (nSPS) is 25.1. The third-order valence-corrected chi connectivity index (χ3v) is 9.26. The fourth-order valence-electron chi connectivity index (χ4n) is 7.06. The van der Waals surface area contributed by atoms with E-state index in [9.17, 15) is 4.79 Å². The lowest BCUT2D eigenvalue weighted by Gasteiger charge is -2.26. The van der Waals surface area contributed by atoms with Crippen molar-refractivity contribution in [1.29, 1.82) is 5.26 Å². The van der Waals surface area contributed by atoms with Crippen molar-refractivity contribution in [3.05, 3.63) is 59.7 Å². The van der Waals surface area contributed by atoms with Crippen molar-refractivity contribution in [2.24, 2.45) is 23.7 Å². The van der Waals surface area contributed by atoms with Gasteiger partial charge in [0, 0.05) is 82.0 Å². The minimum atomic E-state index is -0.414. The van der Waals surface area contributed by atoms with Crippen LogP contribution in [-0.2, 0) is 4.74 Å². The first-order valence-corrected chi connectivity index (χ1v) is 15.8. The standard InChI is InChI=1S/C18H26N2O2.C17H23N3/c1-13-5-7-16(8-6-13)19-9-14-11-20(12-15(14)10-19)17(21)22-18(2,3)4;1-14-4-6-17(7-5-14)20-12-15-10-19(9-3-2-8-18)11-16(15)13-20/h5-8,14-15H,9-12H2,1-4H3;4-7,15-16H,2-3,9-13H2,1H3/t14-,15+;15-,16+. The van der Waals surface area contributed by atoms with Crippen molar-refractivity contribution < 1.29 is 9.53 Å². The number of anilines is 2. The van der Waals surface area contributed by atoms with E-state index in [-0.39, 0.29) is 6.09 Å². The molecule has 4 heterocycles. The summed E-state index contributed by atoms with van der Waals surface area (Å²) >= 11 is 0. The molecule has 2 aromatic rings. The summed E-state index contributed by atoms with van der Waals surface area (Å²) < 4.78 is 5.48. The quantitative estimate of drug-likeness (QED) is 0.413. The zero-order valence-electron chi connectivity index (χ0n) is 26.3. The van der Waals surface area contributed by atoms with Crippen molar-refractivity contribution >= 4 is 17.5 Å². The predicted molar refractivity (Wildman–Crippen MR) is 170 cm³/mol. The largest absolute Gasteiger partial charge is 0.444 e. The van der Waals surface area contributed by atoms with Crippen molar-refractivity contribution in [2.75, 3.05) is 68.7 Å². The van der Waals surface area contributed by atoms with Crippen LogP contribution in [0.4, 0.5) is 16.2 Å². The van der Waals surface area contributed by atoms with Crippen molar-refractivity contribution in [2.45, 2.75) is 53.1 Å². The fourth-order valence-corrected chi connectivity index (χ4v) is 7.06. The van der Waals surface area contributed by atoms with Gasteiger partial charge in [-0.2, -0.15) is 5.26 Å². The molecule has 7 heteroatoms. The minimum Gasteiger partial charge on any atom is -0.444 e. The number of hydrogen-bond acceptors (Lipinski definition) is 6. The van der Waals surface area contributed by atoms with E-state index < -0.39 is 5.60 Å². The van der Waals surface area contributed by atoms with E-state index in [0.717, 1.165) is 51.0 Å². The first-order chi connectivity index (χ1) is 20.1. The maximum atomic E-state index is 12.2. The zero-order valence-corrected chi connectivity index (χ0v) is 26.3. The van der Waals surface area contributed by atoms with E-state index in [1.807, 2.05) is 25.7 Å².